The monoisotopic (exact) mass is 624 g/mol. The van der Waals surface area contributed by atoms with E-state index < -0.39 is 107 Å². The molecule has 3 heterocycles. The molecule has 2 fully saturated rings. The first-order valence-corrected chi connectivity index (χ1v) is 13.4. The maximum absolute atomic E-state index is 13.9. The number of benzene rings is 2. The van der Waals surface area contributed by atoms with E-state index in [1.165, 1.54) is 19.9 Å². The molecule has 0 aliphatic carbocycles. The van der Waals surface area contributed by atoms with Crippen molar-refractivity contribution < 1.29 is 74.1 Å². The van der Waals surface area contributed by atoms with Gasteiger partial charge in [0.2, 0.25) is 29.5 Å². The number of aliphatic hydroxyl groups is 6. The third kappa shape index (κ3) is 5.35. The molecule has 2 aliphatic heterocycles. The first-order valence-electron chi connectivity index (χ1n) is 13.4. The van der Waals surface area contributed by atoms with Gasteiger partial charge in [-0.25, -0.2) is 0 Å². The standard InChI is InChI=1S/C28H32O16/c1-8-16(31)20(35)22(37)27(40-8)43-14-7-13-15(18(33)25(14)39-3)19(34)26(24(42-13)10-4-5-11(29)12(30)6-10)44-28-23(38)21(36)17(32)9(2)41-28/h4-9,16-17,20-23,27-33,35-38H,1-3H3/t8-,9-,16-,17-,20+,21+,22+,23+,27-,28-/m0/s1. The normalized spacial score (nSPS) is 32.4. The van der Waals surface area contributed by atoms with Crippen LogP contribution in [0.25, 0.3) is 22.3 Å². The predicted octanol–water partition coefficient (Wildman–Crippen LogP) is -1.00. The maximum atomic E-state index is 13.9. The van der Waals surface area contributed by atoms with Gasteiger partial charge in [-0.3, -0.25) is 4.79 Å². The van der Waals surface area contributed by atoms with Gasteiger partial charge in [-0.2, -0.15) is 0 Å². The van der Waals surface area contributed by atoms with Crippen LogP contribution >= 0.6 is 0 Å². The molecular formula is C28H32O16. The van der Waals surface area contributed by atoms with Crippen molar-refractivity contribution in [1.82, 2.24) is 0 Å². The third-order valence-electron chi connectivity index (χ3n) is 7.57. The van der Waals surface area contributed by atoms with E-state index in [-0.39, 0.29) is 16.9 Å². The van der Waals surface area contributed by atoms with Gasteiger partial charge in [0, 0.05) is 11.6 Å². The van der Waals surface area contributed by atoms with Crippen molar-refractivity contribution in [3.8, 4) is 45.8 Å². The van der Waals surface area contributed by atoms with Gasteiger partial charge >= 0.3 is 0 Å². The van der Waals surface area contributed by atoms with E-state index in [2.05, 4.69) is 0 Å². The maximum Gasteiger partial charge on any atom is 0.239 e. The molecule has 2 saturated heterocycles. The molecule has 16 nitrogen and oxygen atoms in total. The summed E-state index contributed by atoms with van der Waals surface area (Å²) < 4.78 is 33.5. The largest absolute Gasteiger partial charge is 0.504 e. The summed E-state index contributed by atoms with van der Waals surface area (Å²) in [5, 5.41) is 92.0. The highest BCUT2D eigenvalue weighted by Crippen LogP contribution is 2.45. The molecule has 0 radical (unpaired) electrons. The summed E-state index contributed by atoms with van der Waals surface area (Å²) in [4.78, 5) is 13.9. The van der Waals surface area contributed by atoms with Gasteiger partial charge in [-0.15, -0.1) is 0 Å². The predicted molar refractivity (Wildman–Crippen MR) is 145 cm³/mol. The molecular weight excluding hydrogens is 592 g/mol. The van der Waals surface area contributed by atoms with Crippen LogP contribution in [-0.4, -0.2) is 114 Å². The van der Waals surface area contributed by atoms with Crippen molar-refractivity contribution in [3.63, 3.8) is 0 Å². The number of phenolic OH excluding ortho intramolecular Hbond substituents is 3. The number of aromatic hydroxyl groups is 3. The Hall–Kier alpha value is -3.87. The van der Waals surface area contributed by atoms with Crippen LogP contribution < -0.4 is 19.6 Å². The molecule has 5 rings (SSSR count). The molecule has 3 aromatic rings. The molecule has 2 aromatic carbocycles. The lowest BCUT2D eigenvalue weighted by molar-refractivity contribution is -0.268. The summed E-state index contributed by atoms with van der Waals surface area (Å²) in [6.45, 7) is 2.82. The summed E-state index contributed by atoms with van der Waals surface area (Å²) in [5.74, 6) is -3.70. The Morgan fingerprint density at radius 2 is 1.27 bits per heavy atom. The topological polar surface area (TPSA) is 258 Å². The minimum absolute atomic E-state index is 0.0250. The van der Waals surface area contributed by atoms with Gasteiger partial charge in [0.05, 0.1) is 19.3 Å². The Labute approximate surface area is 248 Å². The van der Waals surface area contributed by atoms with E-state index >= 15 is 0 Å². The van der Waals surface area contributed by atoms with Gasteiger partial charge in [-0.1, -0.05) is 0 Å². The molecule has 0 spiro atoms. The van der Waals surface area contributed by atoms with Gasteiger partial charge < -0.3 is 74.1 Å². The zero-order valence-electron chi connectivity index (χ0n) is 23.5. The minimum atomic E-state index is -1.84. The summed E-state index contributed by atoms with van der Waals surface area (Å²) >= 11 is 0. The van der Waals surface area contributed by atoms with Crippen LogP contribution in [0.4, 0.5) is 0 Å². The molecule has 1 aromatic heterocycles. The molecule has 44 heavy (non-hydrogen) atoms. The molecule has 0 bridgehead atoms. The molecule has 10 atom stereocenters. The number of phenols is 3. The highest BCUT2D eigenvalue weighted by atomic mass is 16.7. The Bertz CT molecular complexity index is 1590. The lowest BCUT2D eigenvalue weighted by atomic mass is 10.00. The fourth-order valence-electron chi connectivity index (χ4n) is 4.99. The second-order valence-corrected chi connectivity index (χ2v) is 10.5. The lowest BCUT2D eigenvalue weighted by Crippen LogP contribution is -2.58. The van der Waals surface area contributed by atoms with Crippen LogP contribution in [0.2, 0.25) is 0 Å². The number of methoxy groups -OCH3 is 1. The van der Waals surface area contributed by atoms with Crippen LogP contribution in [0.3, 0.4) is 0 Å². The molecule has 2 aliphatic rings. The fourth-order valence-corrected chi connectivity index (χ4v) is 4.99. The average molecular weight is 625 g/mol. The van der Waals surface area contributed by atoms with E-state index in [1.54, 1.807) is 0 Å². The van der Waals surface area contributed by atoms with E-state index in [9.17, 15) is 50.8 Å². The van der Waals surface area contributed by atoms with E-state index in [0.29, 0.717) is 0 Å². The van der Waals surface area contributed by atoms with Crippen molar-refractivity contribution in [2.45, 2.75) is 75.3 Å². The second-order valence-electron chi connectivity index (χ2n) is 10.5. The van der Waals surface area contributed by atoms with E-state index in [4.69, 9.17) is 28.1 Å². The van der Waals surface area contributed by atoms with Gasteiger partial charge in [0.1, 0.15) is 47.6 Å². The van der Waals surface area contributed by atoms with E-state index in [0.717, 1.165) is 25.3 Å². The second kappa shape index (κ2) is 11.9. The fraction of sp³-hybridized carbons (Fsp3) is 0.464. The van der Waals surface area contributed by atoms with E-state index in [1.807, 2.05) is 0 Å². The SMILES string of the molecule is COc1c(O[C@@H]2O[C@@H](C)[C@H](O)[C@@H](O)[C@H]2O)cc2oc(-c3ccc(O)c(O)c3)c(O[C@@H]3O[C@@H](C)[C@H](O)[C@@H](O)[C@H]3O)c(=O)c2c1O. The summed E-state index contributed by atoms with van der Waals surface area (Å²) in [6.07, 6.45) is -15.1. The first-order chi connectivity index (χ1) is 20.7. The van der Waals surface area contributed by atoms with Crippen LogP contribution in [0, 0.1) is 0 Å². The van der Waals surface area contributed by atoms with Gasteiger partial charge in [-0.05, 0) is 32.0 Å². The number of fused-ring (bicyclic) bond motifs is 1. The van der Waals surface area contributed by atoms with Crippen LogP contribution in [0.15, 0.2) is 33.5 Å². The number of rotatable bonds is 6. The van der Waals surface area contributed by atoms with Crippen LogP contribution in [0.1, 0.15) is 13.8 Å². The van der Waals surface area contributed by atoms with Crippen molar-refractivity contribution in [2.24, 2.45) is 0 Å². The van der Waals surface area contributed by atoms with Crippen LogP contribution in [0.5, 0.6) is 34.5 Å². The quantitative estimate of drug-likeness (QED) is 0.149. The van der Waals surface area contributed by atoms with Gasteiger partial charge in [0.15, 0.2) is 28.8 Å². The Kier molecular flexibility index (Phi) is 8.54. The van der Waals surface area contributed by atoms with Crippen LogP contribution in [-0.2, 0) is 9.47 Å². The molecule has 0 unspecified atom stereocenters. The molecule has 9 N–H and O–H groups in total. The third-order valence-corrected chi connectivity index (χ3v) is 7.57. The number of ether oxygens (including phenoxy) is 5. The van der Waals surface area contributed by atoms with Crippen molar-refractivity contribution >= 4 is 11.0 Å². The van der Waals surface area contributed by atoms with Crippen molar-refractivity contribution in [2.75, 3.05) is 7.11 Å². The molecule has 0 saturated carbocycles. The highest BCUT2D eigenvalue weighted by Gasteiger charge is 2.45. The summed E-state index contributed by atoms with van der Waals surface area (Å²) in [7, 11) is 1.14. The van der Waals surface area contributed by atoms with Crippen molar-refractivity contribution in [3.05, 3.63) is 34.5 Å². The first kappa shape index (κ1) is 31.6. The Balaban J connectivity index is 1.67. The highest BCUT2D eigenvalue weighted by molar-refractivity contribution is 5.91. The molecule has 0 amide bonds. The zero-order chi connectivity index (χ0) is 32.2. The summed E-state index contributed by atoms with van der Waals surface area (Å²) in [5.41, 5.74) is -1.41. The smallest absolute Gasteiger partial charge is 0.239 e. The number of hydrogen-bond donors (Lipinski definition) is 9. The molecule has 16 heteroatoms. The Morgan fingerprint density at radius 1 is 0.705 bits per heavy atom. The van der Waals surface area contributed by atoms with Gasteiger partial charge in [0.25, 0.3) is 0 Å². The summed E-state index contributed by atoms with van der Waals surface area (Å²) in [6, 6.07) is 4.49. The molecule has 240 valence electrons. The minimum Gasteiger partial charge on any atom is -0.504 e. The number of aliphatic hydroxyl groups excluding tert-OH is 6. The Morgan fingerprint density at radius 3 is 1.82 bits per heavy atom. The number of hydrogen-bond acceptors (Lipinski definition) is 16. The van der Waals surface area contributed by atoms with Crippen molar-refractivity contribution in [1.29, 1.82) is 0 Å². The average Bonchev–Trinajstić information content (AvgIpc) is 2.98. The zero-order valence-corrected chi connectivity index (χ0v) is 23.5. The lowest BCUT2D eigenvalue weighted by Gasteiger charge is -2.39.